The molecule has 0 amide bonds. The van der Waals surface area contributed by atoms with Crippen LogP contribution in [0.1, 0.15) is 37.3 Å². The third kappa shape index (κ3) is 3.30. The van der Waals surface area contributed by atoms with Gasteiger partial charge in [0.15, 0.2) is 23.0 Å². The molecule has 0 saturated carbocycles. The molecule has 1 heterocycles. The highest BCUT2D eigenvalue weighted by atomic mass is 16.5. The van der Waals surface area contributed by atoms with Gasteiger partial charge < -0.3 is 18.9 Å². The first-order valence-electron chi connectivity index (χ1n) is 9.18. The number of rotatable bonds is 6. The zero-order valence-electron chi connectivity index (χ0n) is 17.2. The predicted molar refractivity (Wildman–Crippen MR) is 112 cm³/mol. The van der Waals surface area contributed by atoms with Crippen molar-refractivity contribution in [2.75, 3.05) is 28.4 Å². The Balaban J connectivity index is 2.36. The lowest BCUT2D eigenvalue weighted by Crippen LogP contribution is -2.11. The molecule has 0 aliphatic carbocycles. The first-order chi connectivity index (χ1) is 13.6. The van der Waals surface area contributed by atoms with Gasteiger partial charge in [-0.3, -0.25) is 0 Å². The Morgan fingerprint density at radius 2 is 1.61 bits per heavy atom. The van der Waals surface area contributed by atoms with Gasteiger partial charge in [0.2, 0.25) is 0 Å². The highest BCUT2D eigenvalue weighted by Gasteiger charge is 2.27. The summed E-state index contributed by atoms with van der Waals surface area (Å²) in [6.45, 7) is 4.15. The molecule has 0 fully saturated rings. The highest BCUT2D eigenvalue weighted by Crippen LogP contribution is 2.46. The van der Waals surface area contributed by atoms with Crippen LogP contribution in [0.25, 0.3) is 11.1 Å². The van der Waals surface area contributed by atoms with Crippen molar-refractivity contribution in [2.24, 2.45) is 10.2 Å². The van der Waals surface area contributed by atoms with Gasteiger partial charge in [0.25, 0.3) is 0 Å². The van der Waals surface area contributed by atoms with Gasteiger partial charge in [-0.25, -0.2) is 0 Å². The number of ether oxygens (including phenoxy) is 4. The molecule has 1 atom stereocenters. The fraction of sp³-hybridized carbons (Fsp3) is 0.364. The molecule has 0 N–H and O–H groups in total. The van der Waals surface area contributed by atoms with E-state index in [0.717, 1.165) is 34.4 Å². The molecule has 28 heavy (non-hydrogen) atoms. The molecule has 6 heteroatoms. The van der Waals surface area contributed by atoms with Crippen molar-refractivity contribution < 1.29 is 18.9 Å². The zero-order chi connectivity index (χ0) is 20.3. The molecule has 6 nitrogen and oxygen atoms in total. The minimum absolute atomic E-state index is 0.149. The van der Waals surface area contributed by atoms with Crippen LogP contribution in [0.5, 0.6) is 23.0 Å². The third-order valence-corrected chi connectivity index (χ3v) is 5.10. The van der Waals surface area contributed by atoms with Crippen molar-refractivity contribution in [3.05, 3.63) is 35.4 Å². The maximum Gasteiger partial charge on any atom is 0.169 e. The van der Waals surface area contributed by atoms with Crippen molar-refractivity contribution in [3.8, 4) is 34.1 Å². The summed E-state index contributed by atoms with van der Waals surface area (Å²) in [4.78, 5) is 0. The minimum Gasteiger partial charge on any atom is -0.493 e. The highest BCUT2D eigenvalue weighted by molar-refractivity contribution is 6.01. The van der Waals surface area contributed by atoms with E-state index in [9.17, 15) is 0 Å². The summed E-state index contributed by atoms with van der Waals surface area (Å²) >= 11 is 0. The summed E-state index contributed by atoms with van der Waals surface area (Å²) in [6.07, 6.45) is 2.70. The SMILES string of the molecule is CC[C@@H]1C(C)=NN=Cc2c1cc(OC)c(OC)c2-c1ccc(OC)c(OC)c1. The van der Waals surface area contributed by atoms with E-state index in [4.69, 9.17) is 18.9 Å². The van der Waals surface area contributed by atoms with Crippen LogP contribution in [0, 0.1) is 0 Å². The van der Waals surface area contributed by atoms with Gasteiger partial charge >= 0.3 is 0 Å². The second kappa shape index (κ2) is 8.33. The van der Waals surface area contributed by atoms with Crippen LogP contribution in [0.15, 0.2) is 34.5 Å². The fourth-order valence-corrected chi connectivity index (χ4v) is 3.72. The maximum atomic E-state index is 5.76. The van der Waals surface area contributed by atoms with Gasteiger partial charge in [0.1, 0.15) is 0 Å². The Morgan fingerprint density at radius 3 is 2.21 bits per heavy atom. The van der Waals surface area contributed by atoms with Crippen molar-refractivity contribution >= 4 is 11.9 Å². The van der Waals surface area contributed by atoms with Crippen LogP contribution in [0.3, 0.4) is 0 Å². The van der Waals surface area contributed by atoms with Gasteiger partial charge in [-0.15, -0.1) is 0 Å². The molecule has 0 aromatic heterocycles. The van der Waals surface area contributed by atoms with Gasteiger partial charge in [-0.2, -0.15) is 10.2 Å². The molecule has 2 aromatic rings. The van der Waals surface area contributed by atoms with Crippen LogP contribution < -0.4 is 18.9 Å². The third-order valence-electron chi connectivity index (χ3n) is 5.10. The number of fused-ring (bicyclic) bond motifs is 1. The van der Waals surface area contributed by atoms with E-state index < -0.39 is 0 Å². The monoisotopic (exact) mass is 382 g/mol. The minimum atomic E-state index is 0.149. The van der Waals surface area contributed by atoms with Gasteiger partial charge in [0.05, 0.1) is 34.7 Å². The van der Waals surface area contributed by atoms with Gasteiger partial charge in [0, 0.05) is 22.8 Å². The summed E-state index contributed by atoms with van der Waals surface area (Å²) in [5, 5.41) is 8.65. The molecular weight excluding hydrogens is 356 g/mol. The fourth-order valence-electron chi connectivity index (χ4n) is 3.72. The van der Waals surface area contributed by atoms with Crippen molar-refractivity contribution in [1.82, 2.24) is 0 Å². The summed E-state index contributed by atoms with van der Waals surface area (Å²) in [5.41, 5.74) is 4.88. The summed E-state index contributed by atoms with van der Waals surface area (Å²) in [7, 11) is 6.53. The molecule has 0 unspecified atom stereocenters. The average molecular weight is 382 g/mol. The number of hydrogen-bond donors (Lipinski definition) is 0. The molecule has 0 spiro atoms. The largest absolute Gasteiger partial charge is 0.493 e. The smallest absolute Gasteiger partial charge is 0.169 e. The topological polar surface area (TPSA) is 61.6 Å². The van der Waals surface area contributed by atoms with E-state index in [2.05, 4.69) is 17.1 Å². The Morgan fingerprint density at radius 1 is 0.893 bits per heavy atom. The van der Waals surface area contributed by atoms with Crippen LogP contribution in [-0.4, -0.2) is 40.4 Å². The maximum absolute atomic E-state index is 5.76. The quantitative estimate of drug-likeness (QED) is 0.727. The zero-order valence-corrected chi connectivity index (χ0v) is 17.2. The normalized spacial score (nSPS) is 15.4. The number of hydrogen-bond acceptors (Lipinski definition) is 6. The van der Waals surface area contributed by atoms with E-state index in [1.54, 1.807) is 34.7 Å². The van der Waals surface area contributed by atoms with E-state index in [1.165, 1.54) is 0 Å². The van der Waals surface area contributed by atoms with E-state index in [0.29, 0.717) is 23.0 Å². The average Bonchev–Trinajstić information content (AvgIpc) is 2.89. The lowest BCUT2D eigenvalue weighted by molar-refractivity contribution is 0.353. The summed E-state index contributed by atoms with van der Waals surface area (Å²) in [5.74, 6) is 2.78. The Labute approximate surface area is 165 Å². The van der Waals surface area contributed by atoms with E-state index in [-0.39, 0.29) is 5.92 Å². The van der Waals surface area contributed by atoms with Crippen LogP contribution in [-0.2, 0) is 0 Å². The predicted octanol–water partition coefficient (Wildman–Crippen LogP) is 4.69. The number of nitrogens with zero attached hydrogens (tertiary/aromatic N) is 2. The van der Waals surface area contributed by atoms with Crippen molar-refractivity contribution in [1.29, 1.82) is 0 Å². The van der Waals surface area contributed by atoms with Crippen molar-refractivity contribution in [2.45, 2.75) is 26.2 Å². The van der Waals surface area contributed by atoms with Crippen molar-refractivity contribution in [3.63, 3.8) is 0 Å². The van der Waals surface area contributed by atoms with Gasteiger partial charge in [-0.1, -0.05) is 13.0 Å². The molecule has 3 rings (SSSR count). The second-order valence-electron chi connectivity index (χ2n) is 6.51. The van der Waals surface area contributed by atoms with Crippen LogP contribution in [0.2, 0.25) is 0 Å². The number of benzene rings is 2. The van der Waals surface area contributed by atoms with Gasteiger partial charge in [-0.05, 0) is 42.7 Å². The summed E-state index contributed by atoms with van der Waals surface area (Å²) in [6, 6.07) is 7.82. The Hall–Kier alpha value is -3.02. The summed E-state index contributed by atoms with van der Waals surface area (Å²) < 4.78 is 22.3. The molecule has 1 aliphatic rings. The first kappa shape index (κ1) is 19.7. The molecular formula is C22H26N2O4. The Kier molecular flexibility index (Phi) is 5.87. The molecule has 0 saturated heterocycles. The molecule has 148 valence electrons. The van der Waals surface area contributed by atoms with Crippen LogP contribution in [0.4, 0.5) is 0 Å². The lowest BCUT2D eigenvalue weighted by atomic mass is 9.84. The number of methoxy groups -OCH3 is 4. The second-order valence-corrected chi connectivity index (χ2v) is 6.51. The van der Waals surface area contributed by atoms with E-state index in [1.807, 2.05) is 31.2 Å². The molecule has 0 bridgehead atoms. The molecule has 2 aromatic carbocycles. The molecule has 1 aliphatic heterocycles. The van der Waals surface area contributed by atoms with Crippen LogP contribution >= 0.6 is 0 Å². The standard InChI is InChI=1S/C22H26N2O4/c1-7-15-13(2)24-23-12-17-16(15)11-20(27-5)22(28-6)21(17)14-8-9-18(25-3)19(10-14)26-4/h8-12,15H,7H2,1-6H3/t15-/m1/s1. The lowest BCUT2D eigenvalue weighted by Gasteiger charge is -2.22. The van der Waals surface area contributed by atoms with E-state index >= 15 is 0 Å². The molecule has 0 radical (unpaired) electrons. The first-order valence-corrected chi connectivity index (χ1v) is 9.18. The Bertz CT molecular complexity index is 935.